The molecule has 33 heavy (non-hydrogen) atoms. The number of nitrogens with zero attached hydrogens (tertiary/aromatic N) is 4. The summed E-state index contributed by atoms with van der Waals surface area (Å²) in [5.74, 6) is 2.07. The number of carbonyl (C=O) groups is 1. The van der Waals surface area contributed by atoms with E-state index in [2.05, 4.69) is 15.1 Å². The molecule has 8 nitrogen and oxygen atoms in total. The van der Waals surface area contributed by atoms with E-state index in [1.54, 1.807) is 12.1 Å². The molecule has 3 aromatic rings. The molecule has 2 heterocycles. The molecule has 9 heteroatoms. The summed E-state index contributed by atoms with van der Waals surface area (Å²) in [5, 5.41) is 9.42. The van der Waals surface area contributed by atoms with Crippen LogP contribution in [0.4, 0.5) is 5.82 Å². The number of benzene rings is 2. The molecule has 4 rings (SSSR count). The van der Waals surface area contributed by atoms with Gasteiger partial charge in [-0.1, -0.05) is 23.7 Å². The van der Waals surface area contributed by atoms with Crippen LogP contribution < -0.4 is 19.1 Å². The van der Waals surface area contributed by atoms with Crippen LogP contribution in [0.5, 0.6) is 17.2 Å². The lowest BCUT2D eigenvalue weighted by Crippen LogP contribution is -2.49. The standard InChI is InChI=1S/C24H25ClN4O4/c1-31-20-14-17(15-21(32-2)23(20)33-3)24(30)29-12-10-28(11-13-29)22-9-8-19(26-27-22)16-4-6-18(25)7-5-16/h4-9,14-15H,10-13H2,1-3H3. The number of aromatic nitrogens is 2. The van der Waals surface area contributed by atoms with Crippen LogP contribution in [0.1, 0.15) is 10.4 Å². The molecule has 172 valence electrons. The normalized spacial score (nSPS) is 13.6. The van der Waals surface area contributed by atoms with Crippen molar-refractivity contribution in [1.82, 2.24) is 15.1 Å². The predicted molar refractivity (Wildman–Crippen MR) is 127 cm³/mol. The Morgan fingerprint density at radius 1 is 0.848 bits per heavy atom. The quantitative estimate of drug-likeness (QED) is 0.544. The lowest BCUT2D eigenvalue weighted by molar-refractivity contribution is 0.0745. The van der Waals surface area contributed by atoms with E-state index in [1.165, 1.54) is 21.3 Å². The van der Waals surface area contributed by atoms with Crippen LogP contribution >= 0.6 is 11.6 Å². The molecule has 0 saturated carbocycles. The molecule has 1 aliphatic heterocycles. The van der Waals surface area contributed by atoms with Gasteiger partial charge in [0.2, 0.25) is 5.75 Å². The molecule has 0 spiro atoms. The number of hydrogen-bond acceptors (Lipinski definition) is 7. The first-order chi connectivity index (χ1) is 16.0. The Hall–Kier alpha value is -3.52. The van der Waals surface area contributed by atoms with Gasteiger partial charge in [0.25, 0.3) is 5.91 Å². The summed E-state index contributed by atoms with van der Waals surface area (Å²) < 4.78 is 16.1. The molecule has 0 aliphatic carbocycles. The fourth-order valence-electron chi connectivity index (χ4n) is 3.79. The van der Waals surface area contributed by atoms with Crippen LogP contribution in [0.25, 0.3) is 11.3 Å². The predicted octanol–water partition coefficient (Wildman–Crippen LogP) is 3.79. The summed E-state index contributed by atoms with van der Waals surface area (Å²) >= 11 is 5.95. The number of carbonyl (C=O) groups excluding carboxylic acids is 1. The number of hydrogen-bond donors (Lipinski definition) is 0. The van der Waals surface area contributed by atoms with Gasteiger partial charge in [0, 0.05) is 42.3 Å². The fourth-order valence-corrected chi connectivity index (χ4v) is 3.92. The third-order valence-electron chi connectivity index (χ3n) is 5.59. The maximum Gasteiger partial charge on any atom is 0.254 e. The van der Waals surface area contributed by atoms with Gasteiger partial charge in [-0.05, 0) is 36.4 Å². The number of amides is 1. The van der Waals surface area contributed by atoms with Crippen LogP contribution in [0.15, 0.2) is 48.5 Å². The first kappa shape index (κ1) is 22.7. The van der Waals surface area contributed by atoms with E-state index in [0.717, 1.165) is 17.1 Å². The Morgan fingerprint density at radius 2 is 1.48 bits per heavy atom. The second-order valence-corrected chi connectivity index (χ2v) is 7.91. The number of methoxy groups -OCH3 is 3. The molecule has 0 radical (unpaired) electrons. The summed E-state index contributed by atoms with van der Waals surface area (Å²) in [6, 6.07) is 14.7. The average Bonchev–Trinajstić information content (AvgIpc) is 2.88. The molecule has 1 aromatic heterocycles. The number of ether oxygens (including phenoxy) is 3. The zero-order valence-corrected chi connectivity index (χ0v) is 19.5. The van der Waals surface area contributed by atoms with Crippen molar-refractivity contribution in [2.75, 3.05) is 52.4 Å². The highest BCUT2D eigenvalue weighted by Gasteiger charge is 2.25. The Bertz CT molecular complexity index is 1090. The minimum absolute atomic E-state index is 0.0851. The van der Waals surface area contributed by atoms with E-state index in [-0.39, 0.29) is 5.91 Å². The molecule has 1 amide bonds. The molecule has 1 saturated heterocycles. The first-order valence-corrected chi connectivity index (χ1v) is 10.9. The maximum atomic E-state index is 13.1. The van der Waals surface area contributed by atoms with Crippen molar-refractivity contribution in [2.24, 2.45) is 0 Å². The maximum absolute atomic E-state index is 13.1. The highest BCUT2D eigenvalue weighted by molar-refractivity contribution is 6.30. The van der Waals surface area contributed by atoms with Gasteiger partial charge in [0.05, 0.1) is 27.0 Å². The Morgan fingerprint density at radius 3 is 2.00 bits per heavy atom. The zero-order chi connectivity index (χ0) is 23.4. The van der Waals surface area contributed by atoms with Gasteiger partial charge in [0.1, 0.15) is 0 Å². The van der Waals surface area contributed by atoms with E-state index in [0.29, 0.717) is 54.0 Å². The van der Waals surface area contributed by atoms with E-state index in [4.69, 9.17) is 25.8 Å². The van der Waals surface area contributed by atoms with Crippen molar-refractivity contribution in [2.45, 2.75) is 0 Å². The van der Waals surface area contributed by atoms with Crippen molar-refractivity contribution < 1.29 is 19.0 Å². The van der Waals surface area contributed by atoms with Crippen LogP contribution in [-0.4, -0.2) is 68.5 Å². The highest BCUT2D eigenvalue weighted by Crippen LogP contribution is 2.38. The summed E-state index contributed by atoms with van der Waals surface area (Å²) in [6.07, 6.45) is 0. The summed E-state index contributed by atoms with van der Waals surface area (Å²) in [5.41, 5.74) is 2.23. The minimum Gasteiger partial charge on any atom is -0.493 e. The summed E-state index contributed by atoms with van der Waals surface area (Å²) in [6.45, 7) is 2.45. The van der Waals surface area contributed by atoms with E-state index in [1.807, 2.05) is 41.3 Å². The third kappa shape index (κ3) is 4.80. The van der Waals surface area contributed by atoms with Gasteiger partial charge in [-0.25, -0.2) is 0 Å². The van der Waals surface area contributed by atoms with E-state index < -0.39 is 0 Å². The van der Waals surface area contributed by atoms with Crippen LogP contribution in [0.3, 0.4) is 0 Å². The summed E-state index contributed by atoms with van der Waals surface area (Å²) in [4.78, 5) is 17.1. The van der Waals surface area contributed by atoms with Gasteiger partial charge in [-0.2, -0.15) is 0 Å². The highest BCUT2D eigenvalue weighted by atomic mass is 35.5. The second-order valence-electron chi connectivity index (χ2n) is 7.48. The minimum atomic E-state index is -0.0851. The molecule has 0 bridgehead atoms. The number of piperazine rings is 1. The van der Waals surface area contributed by atoms with E-state index in [9.17, 15) is 4.79 Å². The third-order valence-corrected chi connectivity index (χ3v) is 5.84. The van der Waals surface area contributed by atoms with Crippen molar-refractivity contribution in [3.63, 3.8) is 0 Å². The van der Waals surface area contributed by atoms with E-state index >= 15 is 0 Å². The molecule has 0 N–H and O–H groups in total. The van der Waals surface area contributed by atoms with Crippen LogP contribution in [0.2, 0.25) is 5.02 Å². The molecule has 1 aliphatic rings. The number of halogens is 1. The Kier molecular flexibility index (Phi) is 6.84. The molecular formula is C24H25ClN4O4. The van der Waals surface area contributed by atoms with Gasteiger partial charge in [-0.3, -0.25) is 4.79 Å². The Balaban J connectivity index is 1.42. The molecule has 2 aromatic carbocycles. The largest absolute Gasteiger partial charge is 0.493 e. The lowest BCUT2D eigenvalue weighted by Gasteiger charge is -2.35. The van der Waals surface area contributed by atoms with Crippen LogP contribution in [0, 0.1) is 0 Å². The monoisotopic (exact) mass is 468 g/mol. The van der Waals surface area contributed by atoms with Crippen LogP contribution in [-0.2, 0) is 0 Å². The molecular weight excluding hydrogens is 444 g/mol. The van der Waals surface area contributed by atoms with Crippen molar-refractivity contribution in [1.29, 1.82) is 0 Å². The topological polar surface area (TPSA) is 77.0 Å². The van der Waals surface area contributed by atoms with Crippen molar-refractivity contribution >= 4 is 23.3 Å². The van der Waals surface area contributed by atoms with Gasteiger partial charge in [-0.15, -0.1) is 10.2 Å². The molecule has 1 fully saturated rings. The van der Waals surface area contributed by atoms with Gasteiger partial charge >= 0.3 is 0 Å². The number of anilines is 1. The average molecular weight is 469 g/mol. The molecule has 0 atom stereocenters. The lowest BCUT2D eigenvalue weighted by atomic mass is 10.1. The van der Waals surface area contributed by atoms with Gasteiger partial charge < -0.3 is 24.0 Å². The van der Waals surface area contributed by atoms with Crippen molar-refractivity contribution in [3.8, 4) is 28.5 Å². The van der Waals surface area contributed by atoms with Gasteiger partial charge in [0.15, 0.2) is 17.3 Å². The van der Waals surface area contributed by atoms with Crippen molar-refractivity contribution in [3.05, 3.63) is 59.1 Å². The second kappa shape index (κ2) is 9.95. The zero-order valence-electron chi connectivity index (χ0n) is 18.7. The number of rotatable bonds is 6. The Labute approximate surface area is 197 Å². The smallest absolute Gasteiger partial charge is 0.254 e. The molecule has 0 unspecified atom stereocenters. The summed E-state index contributed by atoms with van der Waals surface area (Å²) in [7, 11) is 4.60. The first-order valence-electron chi connectivity index (χ1n) is 10.5. The fraction of sp³-hybridized carbons (Fsp3) is 0.292. The SMILES string of the molecule is COc1cc(C(=O)N2CCN(c3ccc(-c4ccc(Cl)cc4)nn3)CC2)cc(OC)c1OC.